The van der Waals surface area contributed by atoms with Crippen molar-refractivity contribution in [3.05, 3.63) is 59.7 Å². The van der Waals surface area contributed by atoms with Crippen LogP contribution < -0.4 is 4.74 Å². The summed E-state index contributed by atoms with van der Waals surface area (Å²) in [5.41, 5.74) is 0.974. The Morgan fingerprint density at radius 2 is 1.55 bits per heavy atom. The summed E-state index contributed by atoms with van der Waals surface area (Å²) in [6, 6.07) is 12.6. The summed E-state index contributed by atoms with van der Waals surface area (Å²) in [7, 11) is -3.69. The van der Waals surface area contributed by atoms with Crippen molar-refractivity contribution in [3.63, 3.8) is 0 Å². The quantitative estimate of drug-likeness (QED) is 0.693. The monoisotopic (exact) mass is 452 g/mol. The highest BCUT2D eigenvalue weighted by Gasteiger charge is 2.31. The van der Waals surface area contributed by atoms with Crippen molar-refractivity contribution in [2.24, 2.45) is 0 Å². The zero-order chi connectivity index (χ0) is 22.8. The molecule has 6 nitrogen and oxygen atoms in total. The van der Waals surface area contributed by atoms with Crippen LogP contribution in [0.5, 0.6) is 5.75 Å². The van der Waals surface area contributed by atoms with Crippen LogP contribution in [0.3, 0.4) is 0 Å². The average Bonchev–Trinajstić information content (AvgIpc) is 2.73. The number of alkyl halides is 2. The van der Waals surface area contributed by atoms with E-state index in [-0.39, 0.29) is 47.8 Å². The second kappa shape index (κ2) is 8.92. The van der Waals surface area contributed by atoms with E-state index in [0.29, 0.717) is 0 Å². The van der Waals surface area contributed by atoms with Crippen LogP contribution in [-0.2, 0) is 15.4 Å². The molecule has 0 saturated carbocycles. The van der Waals surface area contributed by atoms with Crippen LogP contribution in [0.4, 0.5) is 8.78 Å². The Bertz CT molecular complexity index is 1030. The number of halogens is 2. The van der Waals surface area contributed by atoms with Crippen molar-refractivity contribution in [3.8, 4) is 5.75 Å². The number of nitrogens with zero attached hydrogens (tertiary/aromatic N) is 2. The summed E-state index contributed by atoms with van der Waals surface area (Å²) >= 11 is 0. The van der Waals surface area contributed by atoms with Crippen molar-refractivity contribution >= 4 is 15.9 Å². The van der Waals surface area contributed by atoms with Gasteiger partial charge in [0.05, 0.1) is 10.5 Å². The van der Waals surface area contributed by atoms with E-state index < -0.39 is 22.5 Å². The molecule has 1 fully saturated rings. The lowest BCUT2D eigenvalue weighted by atomic mass is 9.87. The largest absolute Gasteiger partial charge is 0.434 e. The Morgan fingerprint density at radius 1 is 0.968 bits per heavy atom. The number of sulfonamides is 1. The zero-order valence-electron chi connectivity index (χ0n) is 17.7. The van der Waals surface area contributed by atoms with Gasteiger partial charge in [-0.1, -0.05) is 45.0 Å². The van der Waals surface area contributed by atoms with Gasteiger partial charge in [-0.2, -0.15) is 13.1 Å². The van der Waals surface area contributed by atoms with Crippen LogP contribution in [0.15, 0.2) is 53.4 Å². The number of ether oxygens (including phenoxy) is 1. The molecule has 0 bridgehead atoms. The molecule has 0 aliphatic carbocycles. The topological polar surface area (TPSA) is 66.9 Å². The average molecular weight is 453 g/mol. The molecule has 1 aliphatic heterocycles. The Hall–Kier alpha value is -2.52. The summed E-state index contributed by atoms with van der Waals surface area (Å²) in [6.07, 6.45) is 0. The molecule has 0 aromatic heterocycles. The molecule has 1 heterocycles. The number of para-hydroxylation sites is 1. The van der Waals surface area contributed by atoms with Gasteiger partial charge in [0.2, 0.25) is 10.0 Å². The molecule has 1 aliphatic rings. The molecule has 0 N–H and O–H groups in total. The molecule has 0 spiro atoms. The standard InChI is InChI=1S/C22H26F2N2O4S/c1-22(2,3)16-8-10-17(11-9-16)31(28,29)26-14-12-25(13-15-26)20(27)18-6-4-5-7-19(18)30-21(23)24/h4-11,21H,12-15H2,1-3H3. The predicted molar refractivity (Wildman–Crippen MR) is 113 cm³/mol. The van der Waals surface area contributed by atoms with Gasteiger partial charge in [-0.05, 0) is 35.2 Å². The third-order valence-electron chi connectivity index (χ3n) is 5.22. The summed E-state index contributed by atoms with van der Waals surface area (Å²) in [5, 5.41) is 0. The summed E-state index contributed by atoms with van der Waals surface area (Å²) < 4.78 is 57.0. The van der Waals surface area contributed by atoms with E-state index in [9.17, 15) is 22.0 Å². The molecule has 168 valence electrons. The minimum atomic E-state index is -3.69. The Morgan fingerprint density at radius 3 is 2.10 bits per heavy atom. The smallest absolute Gasteiger partial charge is 0.387 e. The van der Waals surface area contributed by atoms with Gasteiger partial charge in [0.25, 0.3) is 5.91 Å². The van der Waals surface area contributed by atoms with E-state index in [1.807, 2.05) is 12.1 Å². The second-order valence-electron chi connectivity index (χ2n) is 8.35. The molecular weight excluding hydrogens is 426 g/mol. The van der Waals surface area contributed by atoms with E-state index in [1.165, 1.54) is 27.4 Å². The van der Waals surface area contributed by atoms with E-state index in [1.54, 1.807) is 18.2 Å². The molecule has 31 heavy (non-hydrogen) atoms. The zero-order valence-corrected chi connectivity index (χ0v) is 18.5. The van der Waals surface area contributed by atoms with Crippen LogP contribution >= 0.6 is 0 Å². The van der Waals surface area contributed by atoms with Crippen molar-refractivity contribution < 1.29 is 26.7 Å². The predicted octanol–water partition coefficient (Wildman–Crippen LogP) is 3.73. The lowest BCUT2D eigenvalue weighted by molar-refractivity contribution is -0.0503. The van der Waals surface area contributed by atoms with E-state index >= 15 is 0 Å². The molecule has 0 radical (unpaired) electrons. The van der Waals surface area contributed by atoms with Crippen LogP contribution in [0.1, 0.15) is 36.7 Å². The molecule has 9 heteroatoms. The molecule has 3 rings (SSSR count). The van der Waals surface area contributed by atoms with Gasteiger partial charge in [0.15, 0.2) is 0 Å². The molecular formula is C22H26F2N2O4S. The fourth-order valence-corrected chi connectivity index (χ4v) is 4.84. The molecule has 0 unspecified atom stereocenters. The van der Waals surface area contributed by atoms with Gasteiger partial charge in [-0.15, -0.1) is 0 Å². The number of carbonyl (C=O) groups excluding carboxylic acids is 1. The van der Waals surface area contributed by atoms with Gasteiger partial charge < -0.3 is 9.64 Å². The second-order valence-corrected chi connectivity index (χ2v) is 10.3. The van der Waals surface area contributed by atoms with E-state index in [2.05, 4.69) is 25.5 Å². The highest BCUT2D eigenvalue weighted by atomic mass is 32.2. The molecule has 1 amide bonds. The fraction of sp³-hybridized carbons (Fsp3) is 0.409. The maximum Gasteiger partial charge on any atom is 0.387 e. The third-order valence-corrected chi connectivity index (χ3v) is 7.13. The van der Waals surface area contributed by atoms with Crippen molar-refractivity contribution in [2.45, 2.75) is 37.7 Å². The number of amides is 1. The summed E-state index contributed by atoms with van der Waals surface area (Å²) in [5.74, 6) is -0.667. The number of carbonyl (C=O) groups is 1. The van der Waals surface area contributed by atoms with E-state index in [4.69, 9.17) is 0 Å². The Kier molecular flexibility index (Phi) is 6.66. The van der Waals surface area contributed by atoms with Gasteiger partial charge in [-0.3, -0.25) is 4.79 Å². The molecule has 1 saturated heterocycles. The molecule has 2 aromatic rings. The molecule has 2 aromatic carbocycles. The van der Waals surface area contributed by atoms with Crippen LogP contribution in [0, 0.1) is 0 Å². The first-order valence-corrected chi connectivity index (χ1v) is 11.4. The van der Waals surface area contributed by atoms with Crippen LogP contribution in [-0.4, -0.2) is 56.3 Å². The van der Waals surface area contributed by atoms with Crippen molar-refractivity contribution in [1.82, 2.24) is 9.21 Å². The van der Waals surface area contributed by atoms with Crippen LogP contribution in [0.25, 0.3) is 0 Å². The highest BCUT2D eigenvalue weighted by Crippen LogP contribution is 2.26. The fourth-order valence-electron chi connectivity index (χ4n) is 3.42. The highest BCUT2D eigenvalue weighted by molar-refractivity contribution is 7.89. The normalized spacial score (nSPS) is 15.9. The lowest BCUT2D eigenvalue weighted by Crippen LogP contribution is -2.50. The number of hydrogen-bond acceptors (Lipinski definition) is 4. The maximum atomic E-state index is 13.0. The first-order valence-electron chi connectivity index (χ1n) is 9.94. The first-order chi connectivity index (χ1) is 14.5. The number of benzene rings is 2. The Labute approximate surface area is 181 Å². The number of piperazine rings is 1. The summed E-state index contributed by atoms with van der Waals surface area (Å²) in [4.78, 5) is 14.4. The van der Waals surface area contributed by atoms with Gasteiger partial charge in [0.1, 0.15) is 5.75 Å². The lowest BCUT2D eigenvalue weighted by Gasteiger charge is -2.34. The minimum Gasteiger partial charge on any atom is -0.434 e. The van der Waals surface area contributed by atoms with Gasteiger partial charge in [-0.25, -0.2) is 8.42 Å². The van der Waals surface area contributed by atoms with Crippen molar-refractivity contribution in [2.75, 3.05) is 26.2 Å². The van der Waals surface area contributed by atoms with Crippen molar-refractivity contribution in [1.29, 1.82) is 0 Å². The van der Waals surface area contributed by atoms with Gasteiger partial charge in [0, 0.05) is 26.2 Å². The third kappa shape index (κ3) is 5.22. The first kappa shape index (κ1) is 23.1. The number of rotatable bonds is 5. The summed E-state index contributed by atoms with van der Waals surface area (Å²) in [6.45, 7) is 3.66. The van der Waals surface area contributed by atoms with Crippen LogP contribution in [0.2, 0.25) is 0 Å². The van der Waals surface area contributed by atoms with E-state index in [0.717, 1.165) is 5.56 Å². The molecule has 0 atom stereocenters. The minimum absolute atomic E-state index is 0.0249. The number of hydrogen-bond donors (Lipinski definition) is 0. The Balaban J connectivity index is 1.70. The van der Waals surface area contributed by atoms with Gasteiger partial charge >= 0.3 is 6.61 Å². The maximum absolute atomic E-state index is 13.0. The SMILES string of the molecule is CC(C)(C)c1ccc(S(=O)(=O)N2CCN(C(=O)c3ccccc3OC(F)F)CC2)cc1.